The molecule has 1 aromatic rings. The van der Waals surface area contributed by atoms with Crippen LogP contribution in [0.2, 0.25) is 0 Å². The Bertz CT molecular complexity index is 611. The largest absolute Gasteiger partial charge is 0.496 e. The van der Waals surface area contributed by atoms with Gasteiger partial charge in [0.1, 0.15) is 16.9 Å². The first-order valence-electron chi connectivity index (χ1n) is 8.18. The maximum atomic E-state index is 12.7. The molecule has 1 fully saturated rings. The monoisotopic (exact) mass is 335 g/mol. The molecule has 0 saturated heterocycles. The smallest absolute Gasteiger partial charge is 0.341 e. The molecule has 1 aromatic carbocycles. The van der Waals surface area contributed by atoms with Crippen molar-refractivity contribution in [2.45, 2.75) is 38.7 Å². The van der Waals surface area contributed by atoms with Crippen molar-refractivity contribution in [2.75, 3.05) is 26.1 Å². The van der Waals surface area contributed by atoms with E-state index < -0.39 is 11.6 Å². The number of benzene rings is 1. The van der Waals surface area contributed by atoms with E-state index in [0.29, 0.717) is 18.0 Å². The molecule has 0 aliphatic heterocycles. The summed E-state index contributed by atoms with van der Waals surface area (Å²) < 4.78 is 15.8. The number of rotatable bonds is 8. The van der Waals surface area contributed by atoms with Crippen molar-refractivity contribution in [3.05, 3.63) is 23.8 Å². The van der Waals surface area contributed by atoms with Crippen molar-refractivity contribution in [3.63, 3.8) is 0 Å². The molecule has 0 spiro atoms. The lowest BCUT2D eigenvalue weighted by atomic mass is 9.98. The number of esters is 1. The van der Waals surface area contributed by atoms with Crippen LogP contribution in [0.25, 0.3) is 0 Å². The van der Waals surface area contributed by atoms with Gasteiger partial charge in [0.05, 0.1) is 14.2 Å². The van der Waals surface area contributed by atoms with Gasteiger partial charge >= 0.3 is 5.97 Å². The molecule has 1 aliphatic carbocycles. The second-order valence-corrected chi connectivity index (χ2v) is 6.09. The molecule has 6 heteroatoms. The van der Waals surface area contributed by atoms with Gasteiger partial charge in [-0.05, 0) is 50.3 Å². The van der Waals surface area contributed by atoms with E-state index >= 15 is 0 Å². The Kier molecular flexibility index (Phi) is 5.83. The molecular formula is C18H25NO5. The summed E-state index contributed by atoms with van der Waals surface area (Å²) in [6.45, 7) is 4.38. The minimum Gasteiger partial charge on any atom is -0.496 e. The van der Waals surface area contributed by atoms with E-state index in [1.807, 2.05) is 13.8 Å². The van der Waals surface area contributed by atoms with E-state index in [2.05, 4.69) is 5.32 Å². The fraction of sp³-hybridized carbons (Fsp3) is 0.556. The lowest BCUT2D eigenvalue weighted by Crippen LogP contribution is -2.45. The fourth-order valence-electron chi connectivity index (χ4n) is 2.63. The van der Waals surface area contributed by atoms with Crippen LogP contribution in [0, 0.1) is 5.92 Å². The van der Waals surface area contributed by atoms with E-state index in [9.17, 15) is 9.59 Å². The van der Waals surface area contributed by atoms with Crippen molar-refractivity contribution < 1.29 is 23.8 Å². The number of carbonyl (C=O) groups is 2. The van der Waals surface area contributed by atoms with Crippen molar-refractivity contribution >= 4 is 17.6 Å². The summed E-state index contributed by atoms with van der Waals surface area (Å²) in [6, 6.07) is 4.87. The van der Waals surface area contributed by atoms with Gasteiger partial charge in [-0.2, -0.15) is 0 Å². The van der Waals surface area contributed by atoms with Crippen LogP contribution in [0.3, 0.4) is 0 Å². The predicted octanol–water partition coefficient (Wildman–Crippen LogP) is 3.02. The molecule has 24 heavy (non-hydrogen) atoms. The molecule has 0 bridgehead atoms. The molecule has 0 aromatic heterocycles. The number of carbonyl (C=O) groups excluding carboxylic acids is 2. The summed E-state index contributed by atoms with van der Waals surface area (Å²) in [7, 11) is 2.78. The number of hydrogen-bond donors (Lipinski definition) is 1. The summed E-state index contributed by atoms with van der Waals surface area (Å²) >= 11 is 0. The van der Waals surface area contributed by atoms with Gasteiger partial charge in [0, 0.05) is 12.3 Å². The minimum atomic E-state index is -0.846. The zero-order valence-electron chi connectivity index (χ0n) is 14.7. The highest BCUT2D eigenvalue weighted by atomic mass is 16.5. The minimum absolute atomic E-state index is 0.195. The Labute approximate surface area is 142 Å². The van der Waals surface area contributed by atoms with Gasteiger partial charge in [-0.15, -0.1) is 0 Å². The molecule has 1 N–H and O–H groups in total. The lowest BCUT2D eigenvalue weighted by Gasteiger charge is -2.28. The summed E-state index contributed by atoms with van der Waals surface area (Å²) in [5.41, 5.74) is -0.0740. The zero-order chi connectivity index (χ0) is 17.7. The van der Waals surface area contributed by atoms with Gasteiger partial charge in [0.15, 0.2) is 0 Å². The summed E-state index contributed by atoms with van der Waals surface area (Å²) in [5.74, 6) is -0.0796. The number of anilines is 1. The molecule has 1 saturated carbocycles. The molecule has 1 atom stereocenters. The third kappa shape index (κ3) is 3.87. The molecule has 1 amide bonds. The van der Waals surface area contributed by atoms with Crippen molar-refractivity contribution in [1.82, 2.24) is 0 Å². The zero-order valence-corrected chi connectivity index (χ0v) is 14.7. The van der Waals surface area contributed by atoms with Crippen LogP contribution < -0.4 is 10.1 Å². The standard InChI is InChI=1S/C18H25NO5/c1-5-10-24-18(2,12-6-7-12)17(21)19-13-8-9-15(22-3)14(11-13)16(20)23-4/h8-9,11-12H,5-7,10H2,1-4H3,(H,19,21). The third-order valence-corrected chi connectivity index (χ3v) is 4.28. The van der Waals surface area contributed by atoms with Gasteiger partial charge < -0.3 is 19.5 Å². The molecule has 6 nitrogen and oxygen atoms in total. The van der Waals surface area contributed by atoms with Crippen LogP contribution in [-0.2, 0) is 14.3 Å². The molecule has 1 unspecified atom stereocenters. The third-order valence-electron chi connectivity index (χ3n) is 4.28. The maximum Gasteiger partial charge on any atom is 0.341 e. The first-order valence-corrected chi connectivity index (χ1v) is 8.18. The van der Waals surface area contributed by atoms with Crippen LogP contribution in [-0.4, -0.2) is 38.3 Å². The summed E-state index contributed by atoms with van der Waals surface area (Å²) in [6.07, 6.45) is 2.83. The quantitative estimate of drug-likeness (QED) is 0.739. The highest BCUT2D eigenvalue weighted by Crippen LogP contribution is 2.42. The summed E-state index contributed by atoms with van der Waals surface area (Å²) in [5, 5.41) is 2.86. The maximum absolute atomic E-state index is 12.7. The number of methoxy groups -OCH3 is 2. The Morgan fingerprint density at radius 1 is 1.29 bits per heavy atom. The van der Waals surface area contributed by atoms with Crippen molar-refractivity contribution in [2.24, 2.45) is 5.92 Å². The Balaban J connectivity index is 2.19. The molecule has 0 heterocycles. The molecular weight excluding hydrogens is 310 g/mol. The molecule has 1 aliphatic rings. The Hall–Kier alpha value is -2.08. The van der Waals surface area contributed by atoms with Crippen molar-refractivity contribution in [1.29, 1.82) is 0 Å². The highest BCUT2D eigenvalue weighted by molar-refractivity contribution is 5.99. The van der Waals surface area contributed by atoms with Gasteiger partial charge in [0.25, 0.3) is 5.91 Å². The molecule has 132 valence electrons. The first-order chi connectivity index (χ1) is 11.5. The number of ether oxygens (including phenoxy) is 3. The lowest BCUT2D eigenvalue weighted by molar-refractivity contribution is -0.142. The van der Waals surface area contributed by atoms with Gasteiger partial charge in [-0.1, -0.05) is 6.92 Å². The van der Waals surface area contributed by atoms with Crippen molar-refractivity contribution in [3.8, 4) is 5.75 Å². The van der Waals surface area contributed by atoms with E-state index in [1.165, 1.54) is 14.2 Å². The van der Waals surface area contributed by atoms with Gasteiger partial charge in [-0.25, -0.2) is 4.79 Å². The predicted molar refractivity (Wildman–Crippen MR) is 90.3 cm³/mol. The second-order valence-electron chi connectivity index (χ2n) is 6.09. The SMILES string of the molecule is CCCOC(C)(C(=O)Nc1ccc(OC)c(C(=O)OC)c1)C1CC1. The average molecular weight is 335 g/mol. The Morgan fingerprint density at radius 2 is 2.00 bits per heavy atom. The normalized spacial score (nSPS) is 16.2. The average Bonchev–Trinajstić information content (AvgIpc) is 3.44. The Morgan fingerprint density at radius 3 is 2.54 bits per heavy atom. The number of nitrogens with one attached hydrogen (secondary N) is 1. The topological polar surface area (TPSA) is 73.9 Å². The molecule has 2 rings (SSSR count). The summed E-state index contributed by atoms with van der Waals surface area (Å²) in [4.78, 5) is 24.6. The van der Waals surface area contributed by atoms with Crippen LogP contribution in [0.5, 0.6) is 5.75 Å². The van der Waals surface area contributed by atoms with Crippen LogP contribution in [0.1, 0.15) is 43.5 Å². The first kappa shape index (κ1) is 18.3. The second kappa shape index (κ2) is 7.66. The van der Waals surface area contributed by atoms with E-state index in [1.54, 1.807) is 18.2 Å². The van der Waals surface area contributed by atoms with E-state index in [0.717, 1.165) is 19.3 Å². The van der Waals surface area contributed by atoms with Gasteiger partial charge in [0.2, 0.25) is 0 Å². The van der Waals surface area contributed by atoms with Crippen LogP contribution in [0.15, 0.2) is 18.2 Å². The highest BCUT2D eigenvalue weighted by Gasteiger charge is 2.48. The number of hydrogen-bond acceptors (Lipinski definition) is 5. The van der Waals surface area contributed by atoms with Crippen LogP contribution in [0.4, 0.5) is 5.69 Å². The number of amides is 1. The molecule has 0 radical (unpaired) electrons. The van der Waals surface area contributed by atoms with Gasteiger partial charge in [-0.3, -0.25) is 4.79 Å². The van der Waals surface area contributed by atoms with E-state index in [-0.39, 0.29) is 17.4 Å². The van der Waals surface area contributed by atoms with Crippen LogP contribution >= 0.6 is 0 Å². The van der Waals surface area contributed by atoms with E-state index in [4.69, 9.17) is 14.2 Å². The fourth-order valence-corrected chi connectivity index (χ4v) is 2.63.